The number of carbonyl (C=O) groups excluding carboxylic acids is 1. The Labute approximate surface area is 228 Å². The first-order chi connectivity index (χ1) is 19.4. The maximum atomic E-state index is 13.5. The fraction of sp³-hybridized carbons (Fsp3) is 0.125. The Balaban J connectivity index is 1.81. The van der Waals surface area contributed by atoms with E-state index < -0.39 is 11.6 Å². The van der Waals surface area contributed by atoms with Crippen LogP contribution in [0, 0.1) is 13.8 Å². The molecular weight excluding hydrogens is 508 g/mol. The molecule has 0 unspecified atom stereocenters. The number of carbonyl (C=O) groups is 1. The molecule has 40 heavy (non-hydrogen) atoms. The van der Waals surface area contributed by atoms with E-state index in [1.807, 2.05) is 86.6 Å². The monoisotopic (exact) mass is 532 g/mol. The molecule has 0 fully saturated rings. The van der Waals surface area contributed by atoms with Crippen molar-refractivity contribution < 1.29 is 23.1 Å². The largest absolute Gasteiger partial charge is 0.468 e. The average molecular weight is 533 g/mol. The summed E-state index contributed by atoms with van der Waals surface area (Å²) in [6.45, 7) is 3.97. The number of rotatable bonds is 5. The van der Waals surface area contributed by atoms with Crippen LogP contribution in [-0.2, 0) is 4.74 Å². The minimum Gasteiger partial charge on any atom is -0.468 e. The molecule has 6 aromatic rings. The Morgan fingerprint density at radius 2 is 1.32 bits per heavy atom. The van der Waals surface area contributed by atoms with Gasteiger partial charge in [0.25, 0.3) is 0 Å². The van der Waals surface area contributed by atoms with Crippen LogP contribution in [0.3, 0.4) is 0 Å². The molecule has 0 radical (unpaired) electrons. The molecule has 0 N–H and O–H groups in total. The maximum Gasteiger partial charge on any atom is 0.348 e. The molecule has 0 amide bonds. The summed E-state index contributed by atoms with van der Waals surface area (Å²) < 4.78 is 22.4. The molecule has 8 heteroatoms. The molecule has 0 bridgehead atoms. The second-order valence-electron chi connectivity index (χ2n) is 9.40. The summed E-state index contributed by atoms with van der Waals surface area (Å²) in [5.74, 6) is -0.731. The molecule has 198 valence electrons. The highest BCUT2D eigenvalue weighted by Crippen LogP contribution is 2.44. The summed E-state index contributed by atoms with van der Waals surface area (Å²) in [5.41, 5.74) is 5.37. The fourth-order valence-electron chi connectivity index (χ4n) is 4.72. The second kappa shape index (κ2) is 9.81. The van der Waals surface area contributed by atoms with Crippen LogP contribution in [0.2, 0.25) is 0 Å². The van der Waals surface area contributed by atoms with Crippen molar-refractivity contribution in [3.8, 4) is 39.8 Å². The Morgan fingerprint density at radius 1 is 0.750 bits per heavy atom. The van der Waals surface area contributed by atoms with Gasteiger partial charge in [-0.15, -0.1) is 0 Å². The molecule has 0 aliphatic carbocycles. The molecule has 0 atom stereocenters. The van der Waals surface area contributed by atoms with Crippen molar-refractivity contribution in [3.05, 3.63) is 99.9 Å². The van der Waals surface area contributed by atoms with E-state index in [1.54, 1.807) is 0 Å². The molecule has 0 saturated heterocycles. The van der Waals surface area contributed by atoms with Gasteiger partial charge in [0.1, 0.15) is 11.1 Å². The summed E-state index contributed by atoms with van der Waals surface area (Å²) in [5, 5.41) is -0.0978. The highest BCUT2D eigenvalue weighted by Gasteiger charge is 2.32. The van der Waals surface area contributed by atoms with Crippen molar-refractivity contribution in [2.45, 2.75) is 13.8 Å². The zero-order valence-electron chi connectivity index (χ0n) is 22.3. The normalized spacial score (nSPS) is 11.2. The number of furan rings is 1. The lowest BCUT2D eigenvalue weighted by Gasteiger charge is -2.14. The van der Waals surface area contributed by atoms with Gasteiger partial charge in [-0.1, -0.05) is 71.8 Å². The van der Waals surface area contributed by atoms with Crippen molar-refractivity contribution in [2.24, 2.45) is 0 Å². The number of fused-ring (bicyclic) bond motifs is 2. The van der Waals surface area contributed by atoms with Crippen LogP contribution in [-0.4, -0.2) is 30.2 Å². The van der Waals surface area contributed by atoms with Crippen LogP contribution in [0.4, 0.5) is 0 Å². The van der Waals surface area contributed by atoms with Crippen LogP contribution in [0.15, 0.2) is 86.4 Å². The number of hydrogen-bond acceptors (Lipinski definition) is 8. The lowest BCUT2D eigenvalue weighted by Crippen LogP contribution is -2.09. The van der Waals surface area contributed by atoms with Gasteiger partial charge in [-0.05, 0) is 26.0 Å². The Morgan fingerprint density at radius 3 is 1.90 bits per heavy atom. The standard InChI is InChI=1S/C32H24N2O6/c1-17-9-13-19(14-10-17)26-27(34-22-8-6-5-7-21(22)33-26)25-28(20-15-11-18(2)12-16-20)39-31(36)23-24(30(35)37-3)32(38-4)40-29(23)25/h5-16H,1-4H3. The van der Waals surface area contributed by atoms with Gasteiger partial charge in [-0.25, -0.2) is 19.6 Å². The van der Waals surface area contributed by atoms with Gasteiger partial charge in [0, 0.05) is 11.1 Å². The number of para-hydroxylation sites is 2. The number of ether oxygens (including phenoxy) is 2. The van der Waals surface area contributed by atoms with E-state index in [0.29, 0.717) is 33.5 Å². The van der Waals surface area contributed by atoms with E-state index in [1.165, 1.54) is 14.2 Å². The summed E-state index contributed by atoms with van der Waals surface area (Å²) in [7, 11) is 2.56. The number of hydrogen-bond donors (Lipinski definition) is 0. The molecule has 0 saturated carbocycles. The molecule has 3 heterocycles. The third-order valence-electron chi connectivity index (χ3n) is 6.75. The van der Waals surface area contributed by atoms with Crippen LogP contribution in [0.5, 0.6) is 5.95 Å². The van der Waals surface area contributed by atoms with Crippen molar-refractivity contribution in [1.29, 1.82) is 0 Å². The highest BCUT2D eigenvalue weighted by molar-refractivity contribution is 6.11. The summed E-state index contributed by atoms with van der Waals surface area (Å²) in [6, 6.07) is 22.9. The summed E-state index contributed by atoms with van der Waals surface area (Å²) in [6.07, 6.45) is 0. The molecule has 0 aliphatic rings. The SMILES string of the molecule is COC(=O)c1c(OC)oc2c(-c3nc4ccccc4nc3-c3ccc(C)cc3)c(-c3ccc(C)cc3)oc(=O)c12. The summed E-state index contributed by atoms with van der Waals surface area (Å²) in [4.78, 5) is 36.3. The van der Waals surface area contributed by atoms with Gasteiger partial charge in [-0.2, -0.15) is 0 Å². The van der Waals surface area contributed by atoms with Crippen LogP contribution in [0.1, 0.15) is 21.5 Å². The van der Waals surface area contributed by atoms with Crippen molar-refractivity contribution in [1.82, 2.24) is 9.97 Å². The minimum atomic E-state index is -0.791. The molecular formula is C32H24N2O6. The molecule has 8 nitrogen and oxygen atoms in total. The van der Waals surface area contributed by atoms with E-state index in [9.17, 15) is 9.59 Å². The lowest BCUT2D eigenvalue weighted by atomic mass is 9.97. The highest BCUT2D eigenvalue weighted by atomic mass is 16.6. The average Bonchev–Trinajstić information content (AvgIpc) is 3.37. The van der Waals surface area contributed by atoms with E-state index in [4.69, 9.17) is 28.3 Å². The molecule has 3 aromatic heterocycles. The zero-order chi connectivity index (χ0) is 28.0. The van der Waals surface area contributed by atoms with Gasteiger partial charge in [0.05, 0.1) is 36.5 Å². The van der Waals surface area contributed by atoms with Crippen LogP contribution >= 0.6 is 0 Å². The van der Waals surface area contributed by atoms with Crippen LogP contribution in [0.25, 0.3) is 55.8 Å². The van der Waals surface area contributed by atoms with Gasteiger partial charge >= 0.3 is 17.5 Å². The smallest absolute Gasteiger partial charge is 0.348 e. The summed E-state index contributed by atoms with van der Waals surface area (Å²) >= 11 is 0. The van der Waals surface area contributed by atoms with Crippen LogP contribution < -0.4 is 10.4 Å². The number of esters is 1. The van der Waals surface area contributed by atoms with E-state index >= 15 is 0 Å². The van der Waals surface area contributed by atoms with Gasteiger partial charge in [-0.3, -0.25) is 0 Å². The quantitative estimate of drug-likeness (QED) is 0.225. The molecule has 0 aliphatic heterocycles. The first-order valence-electron chi connectivity index (χ1n) is 12.6. The Hall–Kier alpha value is -5.24. The fourth-order valence-corrected chi connectivity index (χ4v) is 4.72. The van der Waals surface area contributed by atoms with E-state index in [-0.39, 0.29) is 28.2 Å². The first kappa shape index (κ1) is 25.1. The Bertz CT molecular complexity index is 1970. The molecule has 6 rings (SSSR count). The topological polar surface area (TPSA) is 105 Å². The Kier molecular flexibility index (Phi) is 6.15. The predicted molar refractivity (Wildman–Crippen MR) is 152 cm³/mol. The number of nitrogens with zero attached hydrogens (tertiary/aromatic N) is 2. The molecule has 3 aromatic carbocycles. The number of benzene rings is 3. The third-order valence-corrected chi connectivity index (χ3v) is 6.75. The predicted octanol–water partition coefficient (Wildman–Crippen LogP) is 6.74. The molecule has 0 spiro atoms. The van der Waals surface area contributed by atoms with Gasteiger partial charge < -0.3 is 18.3 Å². The number of methoxy groups -OCH3 is 2. The van der Waals surface area contributed by atoms with Crippen molar-refractivity contribution in [2.75, 3.05) is 14.2 Å². The van der Waals surface area contributed by atoms with Crippen molar-refractivity contribution in [3.63, 3.8) is 0 Å². The number of aryl methyl sites for hydroxylation is 2. The van der Waals surface area contributed by atoms with Crippen molar-refractivity contribution >= 4 is 28.0 Å². The zero-order valence-corrected chi connectivity index (χ0v) is 22.3. The van der Waals surface area contributed by atoms with Gasteiger partial charge in [0.2, 0.25) is 0 Å². The van der Waals surface area contributed by atoms with E-state index in [2.05, 4.69) is 0 Å². The number of aromatic nitrogens is 2. The van der Waals surface area contributed by atoms with Gasteiger partial charge in [0.15, 0.2) is 16.9 Å². The lowest BCUT2D eigenvalue weighted by molar-refractivity contribution is 0.0596. The van der Waals surface area contributed by atoms with E-state index in [0.717, 1.165) is 16.7 Å². The minimum absolute atomic E-state index is 0.0852. The maximum absolute atomic E-state index is 13.5. The second-order valence-corrected chi connectivity index (χ2v) is 9.40. The third kappa shape index (κ3) is 4.10. The first-order valence-corrected chi connectivity index (χ1v) is 12.6.